The van der Waals surface area contributed by atoms with E-state index in [1.165, 1.54) is 10.6 Å². The van der Waals surface area contributed by atoms with Crippen molar-refractivity contribution in [2.45, 2.75) is 45.3 Å². The highest BCUT2D eigenvalue weighted by Gasteiger charge is 2.24. The van der Waals surface area contributed by atoms with Crippen molar-refractivity contribution in [3.8, 4) is 17.0 Å². The van der Waals surface area contributed by atoms with Gasteiger partial charge in [-0.2, -0.15) is 0 Å². The van der Waals surface area contributed by atoms with Crippen LogP contribution >= 0.6 is 0 Å². The molecule has 1 atom stereocenters. The van der Waals surface area contributed by atoms with Crippen molar-refractivity contribution in [1.82, 2.24) is 14.5 Å². The zero-order valence-electron chi connectivity index (χ0n) is 17.4. The summed E-state index contributed by atoms with van der Waals surface area (Å²) in [7, 11) is 0. The van der Waals surface area contributed by atoms with Crippen LogP contribution in [0.4, 0.5) is 10.7 Å². The molecule has 0 unspecified atom stereocenters. The highest BCUT2D eigenvalue weighted by Crippen LogP contribution is 2.31. The second kappa shape index (κ2) is 7.60. The molecule has 1 fully saturated rings. The number of piperidine rings is 1. The average Bonchev–Trinajstić information content (AvgIpc) is 3.05. The largest absolute Gasteiger partial charge is 0.508 e. The Labute approximate surface area is 174 Å². The molecule has 1 aromatic carbocycles. The Balaban J connectivity index is 1.74. The smallest absolute Gasteiger partial charge is 0.419 e. The molecular formula is C22H26N4O4. The fraction of sp³-hybridized carbons (Fsp3) is 0.409. The van der Waals surface area contributed by atoms with E-state index in [1.807, 2.05) is 31.7 Å². The summed E-state index contributed by atoms with van der Waals surface area (Å²) in [6.45, 7) is 6.75. The molecule has 1 saturated heterocycles. The van der Waals surface area contributed by atoms with E-state index in [0.717, 1.165) is 19.4 Å². The van der Waals surface area contributed by atoms with Gasteiger partial charge in [0.25, 0.3) is 0 Å². The first kappa shape index (κ1) is 20.2. The van der Waals surface area contributed by atoms with E-state index in [4.69, 9.17) is 4.74 Å². The van der Waals surface area contributed by atoms with Gasteiger partial charge in [0.1, 0.15) is 11.4 Å². The Hall–Kier alpha value is -3.13. The Morgan fingerprint density at radius 1 is 1.20 bits per heavy atom. The third kappa shape index (κ3) is 4.09. The minimum absolute atomic E-state index is 0.116. The lowest BCUT2D eigenvalue weighted by molar-refractivity contribution is 0.0547. The van der Waals surface area contributed by atoms with Gasteiger partial charge in [0, 0.05) is 36.4 Å². The maximum atomic E-state index is 13.0. The van der Waals surface area contributed by atoms with Crippen LogP contribution in [0.5, 0.6) is 5.75 Å². The molecule has 158 valence electrons. The van der Waals surface area contributed by atoms with Gasteiger partial charge in [-0.3, -0.25) is 0 Å². The van der Waals surface area contributed by atoms with E-state index in [2.05, 4.69) is 9.97 Å². The standard InChI is InChI=1S/C22H26N4O4/c1-22(2,3)30-21(29)26-18-7-6-16(27)9-14(18)10-19(26)15-11-23-20(24-12-15)25-8-4-5-17(28)13-25/h6-7,9-12,17,27-28H,4-5,8,13H2,1-3H3/t17-/m1/s1. The van der Waals surface area contributed by atoms with Crippen molar-refractivity contribution in [1.29, 1.82) is 0 Å². The van der Waals surface area contributed by atoms with E-state index in [0.29, 0.717) is 34.7 Å². The van der Waals surface area contributed by atoms with Crippen LogP contribution in [0.25, 0.3) is 22.2 Å². The third-order valence-electron chi connectivity index (χ3n) is 4.97. The van der Waals surface area contributed by atoms with Gasteiger partial charge in [-0.05, 0) is 57.9 Å². The van der Waals surface area contributed by atoms with Crippen LogP contribution in [-0.4, -0.2) is 55.6 Å². The quantitative estimate of drug-likeness (QED) is 0.666. The molecule has 8 heteroatoms. The van der Waals surface area contributed by atoms with Crippen molar-refractivity contribution >= 4 is 22.9 Å². The monoisotopic (exact) mass is 410 g/mol. The number of nitrogens with zero attached hydrogens (tertiary/aromatic N) is 4. The predicted molar refractivity (Wildman–Crippen MR) is 114 cm³/mol. The van der Waals surface area contributed by atoms with Gasteiger partial charge in [0.2, 0.25) is 5.95 Å². The van der Waals surface area contributed by atoms with Gasteiger partial charge in [0.15, 0.2) is 0 Å². The number of hydrogen-bond donors (Lipinski definition) is 2. The number of phenols is 1. The number of anilines is 1. The van der Waals surface area contributed by atoms with E-state index >= 15 is 0 Å². The van der Waals surface area contributed by atoms with Crippen LogP contribution < -0.4 is 4.90 Å². The molecule has 30 heavy (non-hydrogen) atoms. The summed E-state index contributed by atoms with van der Waals surface area (Å²) in [5.41, 5.74) is 1.20. The molecule has 1 aliphatic rings. The molecule has 1 aliphatic heterocycles. The Morgan fingerprint density at radius 2 is 1.93 bits per heavy atom. The van der Waals surface area contributed by atoms with E-state index in [-0.39, 0.29) is 11.9 Å². The Bertz CT molecular complexity index is 1070. The topological polar surface area (TPSA) is 101 Å². The summed E-state index contributed by atoms with van der Waals surface area (Å²) >= 11 is 0. The summed E-state index contributed by atoms with van der Waals surface area (Å²) in [5.74, 6) is 0.667. The number of aromatic hydroxyl groups is 1. The van der Waals surface area contributed by atoms with Crippen LogP contribution in [0.1, 0.15) is 33.6 Å². The molecule has 3 heterocycles. The summed E-state index contributed by atoms with van der Waals surface area (Å²) < 4.78 is 7.07. The van der Waals surface area contributed by atoms with Gasteiger partial charge in [0.05, 0.1) is 17.3 Å². The lowest BCUT2D eigenvalue weighted by Crippen LogP contribution is -2.39. The fourth-order valence-corrected chi connectivity index (χ4v) is 3.67. The van der Waals surface area contributed by atoms with Gasteiger partial charge in [-0.25, -0.2) is 19.3 Å². The number of ether oxygens (including phenoxy) is 1. The molecule has 0 aliphatic carbocycles. The van der Waals surface area contributed by atoms with E-state index in [1.54, 1.807) is 24.5 Å². The molecule has 4 rings (SSSR count). The highest BCUT2D eigenvalue weighted by atomic mass is 16.6. The molecule has 0 amide bonds. The number of carbonyl (C=O) groups excluding carboxylic acids is 1. The minimum atomic E-state index is -0.655. The second-order valence-electron chi connectivity index (χ2n) is 8.60. The number of aliphatic hydroxyl groups is 1. The van der Waals surface area contributed by atoms with Crippen LogP contribution in [0.3, 0.4) is 0 Å². The zero-order chi connectivity index (χ0) is 21.5. The van der Waals surface area contributed by atoms with Crippen molar-refractivity contribution in [3.05, 3.63) is 36.7 Å². The van der Waals surface area contributed by atoms with Crippen molar-refractivity contribution in [2.24, 2.45) is 0 Å². The molecular weight excluding hydrogens is 384 g/mol. The van der Waals surface area contributed by atoms with Crippen molar-refractivity contribution < 1.29 is 19.7 Å². The lowest BCUT2D eigenvalue weighted by atomic mass is 10.1. The molecule has 2 N–H and O–H groups in total. The SMILES string of the molecule is CC(C)(C)OC(=O)n1c(-c2cnc(N3CCC[C@@H](O)C3)nc2)cc2cc(O)ccc21. The number of phenolic OH excluding ortho intramolecular Hbond substituents is 1. The number of β-amino-alcohol motifs (C(OH)–C–C–N with tert-alkyl or cyclic N) is 1. The Kier molecular flexibility index (Phi) is 5.11. The van der Waals surface area contributed by atoms with Gasteiger partial charge >= 0.3 is 6.09 Å². The number of rotatable bonds is 2. The first-order valence-corrected chi connectivity index (χ1v) is 10.0. The summed E-state index contributed by atoms with van der Waals surface area (Å²) in [4.78, 5) is 23.9. The first-order chi connectivity index (χ1) is 14.2. The number of hydrogen-bond acceptors (Lipinski definition) is 7. The fourth-order valence-electron chi connectivity index (χ4n) is 3.67. The summed E-state index contributed by atoms with van der Waals surface area (Å²) in [5, 5.41) is 20.5. The van der Waals surface area contributed by atoms with E-state index in [9.17, 15) is 15.0 Å². The number of fused-ring (bicyclic) bond motifs is 1. The normalized spacial score (nSPS) is 17.3. The van der Waals surface area contributed by atoms with Gasteiger partial charge in [-0.15, -0.1) is 0 Å². The van der Waals surface area contributed by atoms with Crippen LogP contribution in [-0.2, 0) is 4.74 Å². The second-order valence-corrected chi connectivity index (χ2v) is 8.60. The lowest BCUT2D eigenvalue weighted by Gasteiger charge is -2.29. The van der Waals surface area contributed by atoms with Crippen LogP contribution in [0, 0.1) is 0 Å². The maximum absolute atomic E-state index is 13.0. The molecule has 3 aromatic rings. The average molecular weight is 410 g/mol. The highest BCUT2D eigenvalue weighted by molar-refractivity contribution is 5.96. The molecule has 0 saturated carbocycles. The third-order valence-corrected chi connectivity index (χ3v) is 4.97. The van der Waals surface area contributed by atoms with E-state index < -0.39 is 11.7 Å². The number of carbonyl (C=O) groups is 1. The van der Waals surface area contributed by atoms with Gasteiger partial charge < -0.3 is 19.8 Å². The maximum Gasteiger partial charge on any atom is 0.419 e. The number of aliphatic hydroxyl groups excluding tert-OH is 1. The van der Waals surface area contributed by atoms with Gasteiger partial charge in [-0.1, -0.05) is 0 Å². The number of benzene rings is 1. The molecule has 0 bridgehead atoms. The molecule has 0 radical (unpaired) electrons. The zero-order valence-corrected chi connectivity index (χ0v) is 17.4. The van der Waals surface area contributed by atoms with Crippen molar-refractivity contribution in [2.75, 3.05) is 18.0 Å². The predicted octanol–water partition coefficient (Wildman–Crippen LogP) is 3.55. The number of aromatic nitrogens is 3. The summed E-state index contributed by atoms with van der Waals surface area (Å²) in [6, 6.07) is 6.63. The van der Waals surface area contributed by atoms with Crippen molar-refractivity contribution in [3.63, 3.8) is 0 Å². The molecule has 2 aromatic heterocycles. The summed E-state index contributed by atoms with van der Waals surface area (Å²) in [6.07, 6.45) is 4.13. The Morgan fingerprint density at radius 3 is 2.60 bits per heavy atom. The first-order valence-electron chi connectivity index (χ1n) is 10.0. The molecule has 0 spiro atoms. The minimum Gasteiger partial charge on any atom is -0.508 e. The molecule has 8 nitrogen and oxygen atoms in total. The van der Waals surface area contributed by atoms with Crippen LogP contribution in [0.15, 0.2) is 36.7 Å². The van der Waals surface area contributed by atoms with Crippen LogP contribution in [0.2, 0.25) is 0 Å².